The van der Waals surface area contributed by atoms with Crippen LogP contribution in [0.2, 0.25) is 0 Å². The average molecular weight is 384 g/mol. The van der Waals surface area contributed by atoms with Gasteiger partial charge in [-0.25, -0.2) is 0 Å². The Morgan fingerprint density at radius 3 is 2.27 bits per heavy atom. The number of anilines is 2. The molecule has 0 aromatic heterocycles. The van der Waals surface area contributed by atoms with E-state index in [4.69, 9.17) is 12.6 Å². The Kier molecular flexibility index (Phi) is 7.78. The molecular formula is C20H14KN3OS. The number of benzene rings is 3. The molecule has 6 heteroatoms. The Balaban J connectivity index is 0.00000243. The van der Waals surface area contributed by atoms with E-state index in [1.807, 2.05) is 72.8 Å². The maximum Gasteiger partial charge on any atom is 1.00 e. The first-order chi connectivity index (χ1) is 12.2. The molecule has 0 saturated carbocycles. The van der Waals surface area contributed by atoms with E-state index in [-0.39, 0.29) is 62.0 Å². The molecule has 0 saturated heterocycles. The van der Waals surface area contributed by atoms with Crippen molar-refractivity contribution >= 4 is 40.7 Å². The molecule has 0 unspecified atom stereocenters. The molecule has 1 amide bonds. The number of fused-ring (bicyclic) bond motifs is 1. The van der Waals surface area contributed by atoms with Crippen LogP contribution in [0, 0.1) is 11.3 Å². The average Bonchev–Trinajstić information content (AvgIpc) is 2.63. The van der Waals surface area contributed by atoms with E-state index >= 15 is 0 Å². The summed E-state index contributed by atoms with van der Waals surface area (Å²) in [4.78, 5) is 12.5. The molecule has 0 heterocycles. The Hall–Kier alpha value is -1.72. The first kappa shape index (κ1) is 20.6. The molecule has 0 atom stereocenters. The number of para-hydroxylation sites is 1. The van der Waals surface area contributed by atoms with Crippen LogP contribution in [0.25, 0.3) is 10.8 Å². The van der Waals surface area contributed by atoms with E-state index in [0.717, 1.165) is 16.5 Å². The first-order valence-electron chi connectivity index (χ1n) is 7.61. The van der Waals surface area contributed by atoms with Gasteiger partial charge in [0, 0.05) is 16.8 Å². The predicted octanol–water partition coefficient (Wildman–Crippen LogP) is 1.18. The smallest absolute Gasteiger partial charge is 0.761 e. The summed E-state index contributed by atoms with van der Waals surface area (Å²) in [5.41, 5.74) is 1.23. The van der Waals surface area contributed by atoms with E-state index in [1.54, 1.807) is 6.07 Å². The summed E-state index contributed by atoms with van der Waals surface area (Å²) in [6.07, 6.45) is 0. The van der Waals surface area contributed by atoms with Gasteiger partial charge in [0.15, 0.2) is 0 Å². The van der Waals surface area contributed by atoms with Crippen LogP contribution in [0.5, 0.6) is 0 Å². The number of carbonyl (C=O) groups is 1. The van der Waals surface area contributed by atoms with Crippen molar-refractivity contribution in [2.45, 2.75) is 0 Å². The van der Waals surface area contributed by atoms with E-state index in [0.29, 0.717) is 5.69 Å². The fraction of sp³-hybridized carbons (Fsp3) is 0. The van der Waals surface area contributed by atoms with E-state index in [2.05, 4.69) is 10.6 Å². The third-order valence-electron chi connectivity index (χ3n) is 3.64. The number of nitrogens with one attached hydrogen (secondary N) is 2. The molecule has 3 rings (SSSR count). The van der Waals surface area contributed by atoms with E-state index < -0.39 is 5.91 Å². The zero-order valence-corrected chi connectivity index (χ0v) is 18.1. The number of rotatable bonds is 4. The van der Waals surface area contributed by atoms with Crippen LogP contribution >= 0.6 is 0 Å². The number of hydrogen-bond acceptors (Lipinski definition) is 4. The van der Waals surface area contributed by atoms with Gasteiger partial charge >= 0.3 is 51.4 Å². The summed E-state index contributed by atoms with van der Waals surface area (Å²) in [5.74, 6) is -0.535. The first-order valence-corrected chi connectivity index (χ1v) is 8.02. The number of nitriles is 1. The fourth-order valence-electron chi connectivity index (χ4n) is 2.44. The molecule has 2 N–H and O–H groups in total. The van der Waals surface area contributed by atoms with Crippen molar-refractivity contribution in [2.24, 2.45) is 0 Å². The SMILES string of the molecule is N#C/C(C(=O)Nc1cccc2ccccc12)=C(/[S-])Nc1ccccc1.[K+]. The number of nitrogens with zero attached hydrogens (tertiary/aromatic N) is 1. The molecule has 0 aliphatic rings. The summed E-state index contributed by atoms with van der Waals surface area (Å²) in [7, 11) is 0. The molecule has 0 aliphatic heterocycles. The maximum absolute atomic E-state index is 12.5. The van der Waals surface area contributed by atoms with Crippen molar-refractivity contribution in [1.82, 2.24) is 0 Å². The molecule has 26 heavy (non-hydrogen) atoms. The normalized spacial score (nSPS) is 10.9. The summed E-state index contributed by atoms with van der Waals surface area (Å²) in [6.45, 7) is 0. The largest absolute Gasteiger partial charge is 1.00 e. The van der Waals surface area contributed by atoms with Crippen molar-refractivity contribution in [3.05, 3.63) is 83.4 Å². The Labute approximate surface area is 200 Å². The number of amides is 1. The Morgan fingerprint density at radius 1 is 0.885 bits per heavy atom. The van der Waals surface area contributed by atoms with Crippen molar-refractivity contribution in [1.29, 1.82) is 5.26 Å². The van der Waals surface area contributed by atoms with Gasteiger partial charge in [-0.05, 0) is 23.6 Å². The van der Waals surface area contributed by atoms with Gasteiger partial charge in [0.1, 0.15) is 11.6 Å². The van der Waals surface area contributed by atoms with E-state index in [1.165, 1.54) is 0 Å². The molecule has 3 aromatic rings. The molecule has 3 aromatic carbocycles. The maximum atomic E-state index is 12.5. The van der Waals surface area contributed by atoms with Crippen LogP contribution < -0.4 is 62.0 Å². The zero-order valence-electron chi connectivity index (χ0n) is 14.2. The quantitative estimate of drug-likeness (QED) is 0.307. The molecule has 0 aliphatic carbocycles. The summed E-state index contributed by atoms with van der Waals surface area (Å²) in [5, 5.41) is 17.0. The van der Waals surface area contributed by atoms with Gasteiger partial charge < -0.3 is 23.3 Å². The topological polar surface area (TPSA) is 64.9 Å². The van der Waals surface area contributed by atoms with Gasteiger partial charge in [-0.3, -0.25) is 4.79 Å². The van der Waals surface area contributed by atoms with Crippen LogP contribution in [0.1, 0.15) is 0 Å². The van der Waals surface area contributed by atoms with E-state index in [9.17, 15) is 10.1 Å². The second-order valence-corrected chi connectivity index (χ2v) is 5.70. The summed E-state index contributed by atoms with van der Waals surface area (Å²) in [6, 6.07) is 24.4. The van der Waals surface area contributed by atoms with Gasteiger partial charge in [0.2, 0.25) is 0 Å². The second-order valence-electron chi connectivity index (χ2n) is 5.29. The predicted molar refractivity (Wildman–Crippen MR) is 103 cm³/mol. The fourth-order valence-corrected chi connectivity index (χ4v) is 2.70. The van der Waals surface area contributed by atoms with Gasteiger partial charge in [-0.1, -0.05) is 59.6 Å². The van der Waals surface area contributed by atoms with Crippen molar-refractivity contribution in [2.75, 3.05) is 10.6 Å². The number of carbonyl (C=O) groups excluding carboxylic acids is 1. The van der Waals surface area contributed by atoms with Crippen LogP contribution in [0.3, 0.4) is 0 Å². The van der Waals surface area contributed by atoms with Gasteiger partial charge in [-0.15, -0.1) is 0 Å². The molecule has 4 nitrogen and oxygen atoms in total. The van der Waals surface area contributed by atoms with Gasteiger partial charge in [0.25, 0.3) is 5.91 Å². The minimum atomic E-state index is -0.535. The molecule has 122 valence electrons. The van der Waals surface area contributed by atoms with Crippen LogP contribution in [0.15, 0.2) is 83.4 Å². The van der Waals surface area contributed by atoms with Crippen LogP contribution in [-0.4, -0.2) is 5.91 Å². The Morgan fingerprint density at radius 2 is 1.54 bits per heavy atom. The summed E-state index contributed by atoms with van der Waals surface area (Å²) >= 11 is 5.21. The third-order valence-corrected chi connectivity index (χ3v) is 3.94. The van der Waals surface area contributed by atoms with Crippen molar-refractivity contribution in [3.63, 3.8) is 0 Å². The number of hydrogen-bond donors (Lipinski definition) is 2. The van der Waals surface area contributed by atoms with Crippen LogP contribution in [0.4, 0.5) is 11.4 Å². The van der Waals surface area contributed by atoms with Gasteiger partial charge in [0.05, 0.1) is 0 Å². The minimum absolute atomic E-state index is 0. The van der Waals surface area contributed by atoms with Gasteiger partial charge in [-0.2, -0.15) is 5.26 Å². The zero-order chi connectivity index (χ0) is 17.6. The molecule has 0 radical (unpaired) electrons. The summed E-state index contributed by atoms with van der Waals surface area (Å²) < 4.78 is 0. The Bertz CT molecular complexity index is 991. The minimum Gasteiger partial charge on any atom is -0.761 e. The van der Waals surface area contributed by atoms with Crippen LogP contribution in [-0.2, 0) is 17.4 Å². The standard InChI is InChI=1S/C20H15N3OS.K/c21-13-17(20(25)22-15-9-2-1-3-10-15)19(24)23-18-12-6-8-14-7-4-5-11-16(14)18;/h1-12,22,25H,(H,23,24);/q;+1/p-1/b20-17-;. The molecule has 0 bridgehead atoms. The monoisotopic (exact) mass is 383 g/mol. The van der Waals surface area contributed by atoms with Crippen molar-refractivity contribution < 1.29 is 56.2 Å². The third kappa shape index (κ3) is 4.92. The second kappa shape index (κ2) is 9.83. The molecule has 0 fully saturated rings. The molecular weight excluding hydrogens is 369 g/mol. The molecule has 0 spiro atoms. The van der Waals surface area contributed by atoms with Crippen molar-refractivity contribution in [3.8, 4) is 6.07 Å².